The number of hydrogen-bond donors (Lipinski definition) is 1. The normalized spacial score (nSPS) is 8.27. The predicted molar refractivity (Wildman–Crippen MR) is 49.2 cm³/mol. The summed E-state index contributed by atoms with van der Waals surface area (Å²) in [6.45, 7) is 4.00. The van der Waals surface area contributed by atoms with Crippen molar-refractivity contribution >= 4 is 28.8 Å². The number of rotatable bonds is 1. The standard InChI is InChI=1S/C5H4ClNOS.C2H6/c6-4-2-1-3(9-4)5(7)8;1-2/h1-2H,(H2,7,8);1-2H3. The number of hydrogen-bond acceptors (Lipinski definition) is 2. The van der Waals surface area contributed by atoms with Crippen LogP contribution in [0.3, 0.4) is 0 Å². The van der Waals surface area contributed by atoms with Gasteiger partial charge in [-0.3, -0.25) is 4.79 Å². The molecule has 1 rings (SSSR count). The van der Waals surface area contributed by atoms with Crippen molar-refractivity contribution in [3.05, 3.63) is 21.3 Å². The zero-order chi connectivity index (χ0) is 8.85. The third-order valence-corrected chi connectivity index (χ3v) is 2.06. The maximum Gasteiger partial charge on any atom is 0.258 e. The topological polar surface area (TPSA) is 43.1 Å². The van der Waals surface area contributed by atoms with E-state index in [-0.39, 0.29) is 0 Å². The van der Waals surface area contributed by atoms with Crippen molar-refractivity contribution in [2.24, 2.45) is 5.73 Å². The van der Waals surface area contributed by atoms with Crippen LogP contribution in [0.1, 0.15) is 23.5 Å². The number of carbonyl (C=O) groups is 1. The van der Waals surface area contributed by atoms with Gasteiger partial charge in [-0.05, 0) is 12.1 Å². The van der Waals surface area contributed by atoms with Gasteiger partial charge in [-0.2, -0.15) is 0 Å². The van der Waals surface area contributed by atoms with E-state index in [1.807, 2.05) is 13.8 Å². The molecule has 0 bridgehead atoms. The Morgan fingerprint density at radius 3 is 2.27 bits per heavy atom. The van der Waals surface area contributed by atoms with Crippen LogP contribution in [0, 0.1) is 0 Å². The molecule has 11 heavy (non-hydrogen) atoms. The first kappa shape index (κ1) is 10.5. The highest BCUT2D eigenvalue weighted by Crippen LogP contribution is 2.20. The van der Waals surface area contributed by atoms with Gasteiger partial charge >= 0.3 is 0 Å². The van der Waals surface area contributed by atoms with E-state index in [1.54, 1.807) is 12.1 Å². The second kappa shape index (κ2) is 5.16. The van der Waals surface area contributed by atoms with Crippen LogP contribution in [0.2, 0.25) is 4.34 Å². The molecular formula is C7H10ClNOS. The van der Waals surface area contributed by atoms with Crippen LogP contribution in [0.4, 0.5) is 0 Å². The van der Waals surface area contributed by atoms with Gasteiger partial charge in [0.25, 0.3) is 5.91 Å². The van der Waals surface area contributed by atoms with E-state index in [1.165, 1.54) is 11.3 Å². The molecule has 0 unspecified atom stereocenters. The highest BCUT2D eigenvalue weighted by molar-refractivity contribution is 7.17. The first-order valence-corrected chi connectivity index (χ1v) is 4.45. The summed E-state index contributed by atoms with van der Waals surface area (Å²) in [5, 5.41) is 0. The number of primary amides is 1. The first-order chi connectivity index (χ1) is 5.20. The van der Waals surface area contributed by atoms with E-state index in [2.05, 4.69) is 0 Å². The summed E-state index contributed by atoms with van der Waals surface area (Å²) >= 11 is 6.70. The Bertz CT molecular complexity index is 234. The summed E-state index contributed by atoms with van der Waals surface area (Å²) in [5.74, 6) is -0.424. The van der Waals surface area contributed by atoms with Crippen molar-refractivity contribution in [3.8, 4) is 0 Å². The smallest absolute Gasteiger partial charge is 0.258 e. The maximum atomic E-state index is 10.4. The Kier molecular flexibility index (Phi) is 4.90. The van der Waals surface area contributed by atoms with E-state index in [0.29, 0.717) is 9.21 Å². The quantitative estimate of drug-likeness (QED) is 0.729. The van der Waals surface area contributed by atoms with Gasteiger partial charge in [-0.25, -0.2) is 0 Å². The predicted octanol–water partition coefficient (Wildman–Crippen LogP) is 2.53. The second-order valence-corrected chi connectivity index (χ2v) is 3.18. The molecule has 1 heterocycles. The molecule has 0 aromatic carbocycles. The fraction of sp³-hybridized carbons (Fsp3) is 0.286. The van der Waals surface area contributed by atoms with Gasteiger partial charge in [-0.15, -0.1) is 11.3 Å². The van der Waals surface area contributed by atoms with Gasteiger partial charge in [0.15, 0.2) is 0 Å². The van der Waals surface area contributed by atoms with Crippen LogP contribution < -0.4 is 5.73 Å². The van der Waals surface area contributed by atoms with Gasteiger partial charge in [-0.1, -0.05) is 25.4 Å². The number of halogens is 1. The Morgan fingerprint density at radius 2 is 2.09 bits per heavy atom. The molecule has 1 amide bonds. The van der Waals surface area contributed by atoms with Crippen LogP contribution in [0.15, 0.2) is 12.1 Å². The molecule has 0 atom stereocenters. The fourth-order valence-corrected chi connectivity index (χ4v) is 1.34. The summed E-state index contributed by atoms with van der Waals surface area (Å²) in [7, 11) is 0. The highest BCUT2D eigenvalue weighted by Gasteiger charge is 2.01. The SMILES string of the molecule is CC.NC(=O)c1ccc(Cl)s1. The van der Waals surface area contributed by atoms with Gasteiger partial charge < -0.3 is 5.73 Å². The number of thiophene rings is 1. The molecule has 0 aliphatic heterocycles. The molecule has 1 aromatic rings. The van der Waals surface area contributed by atoms with Crippen molar-refractivity contribution < 1.29 is 4.79 Å². The van der Waals surface area contributed by atoms with Crippen molar-refractivity contribution in [1.29, 1.82) is 0 Å². The lowest BCUT2D eigenvalue weighted by Crippen LogP contribution is -2.07. The lowest BCUT2D eigenvalue weighted by atomic mass is 10.5. The number of carbonyl (C=O) groups excluding carboxylic acids is 1. The molecule has 2 N–H and O–H groups in total. The molecule has 0 fully saturated rings. The Morgan fingerprint density at radius 1 is 1.55 bits per heavy atom. The Labute approximate surface area is 75.0 Å². The molecule has 0 aliphatic carbocycles. The van der Waals surface area contributed by atoms with Gasteiger partial charge in [0.05, 0.1) is 9.21 Å². The molecule has 0 saturated heterocycles. The second-order valence-electron chi connectivity index (χ2n) is 1.47. The first-order valence-electron chi connectivity index (χ1n) is 3.25. The van der Waals surface area contributed by atoms with Crippen LogP contribution in [-0.2, 0) is 0 Å². The summed E-state index contributed by atoms with van der Waals surface area (Å²) in [6.07, 6.45) is 0. The molecule has 0 radical (unpaired) electrons. The van der Waals surface area contributed by atoms with Gasteiger partial charge in [0.1, 0.15) is 0 Å². The van der Waals surface area contributed by atoms with Crippen LogP contribution >= 0.6 is 22.9 Å². The lowest BCUT2D eigenvalue weighted by Gasteiger charge is -1.80. The average molecular weight is 192 g/mol. The van der Waals surface area contributed by atoms with E-state index < -0.39 is 5.91 Å². The Balaban J connectivity index is 0.000000461. The zero-order valence-electron chi connectivity index (χ0n) is 6.43. The van der Waals surface area contributed by atoms with E-state index in [0.717, 1.165) is 0 Å². The molecular weight excluding hydrogens is 182 g/mol. The third kappa shape index (κ3) is 3.39. The summed E-state index contributed by atoms with van der Waals surface area (Å²) in [5.41, 5.74) is 4.94. The average Bonchev–Trinajstić information content (AvgIpc) is 2.40. The van der Waals surface area contributed by atoms with E-state index in [9.17, 15) is 4.79 Å². The fourth-order valence-electron chi connectivity index (χ4n) is 0.447. The summed E-state index contributed by atoms with van der Waals surface area (Å²) < 4.78 is 0.587. The number of nitrogens with two attached hydrogens (primary N) is 1. The maximum absolute atomic E-state index is 10.4. The summed E-state index contributed by atoms with van der Waals surface area (Å²) in [6, 6.07) is 3.25. The van der Waals surface area contributed by atoms with Gasteiger partial charge in [0, 0.05) is 0 Å². The number of amides is 1. The van der Waals surface area contributed by atoms with Crippen molar-refractivity contribution in [1.82, 2.24) is 0 Å². The largest absolute Gasteiger partial charge is 0.365 e. The molecule has 62 valence electrons. The molecule has 0 saturated carbocycles. The van der Waals surface area contributed by atoms with Crippen molar-refractivity contribution in [3.63, 3.8) is 0 Å². The van der Waals surface area contributed by atoms with Crippen LogP contribution in [0.5, 0.6) is 0 Å². The van der Waals surface area contributed by atoms with Crippen molar-refractivity contribution in [2.75, 3.05) is 0 Å². The van der Waals surface area contributed by atoms with Crippen LogP contribution in [-0.4, -0.2) is 5.91 Å². The zero-order valence-corrected chi connectivity index (χ0v) is 8.00. The molecule has 1 aromatic heterocycles. The minimum Gasteiger partial charge on any atom is -0.365 e. The molecule has 0 spiro atoms. The Hall–Kier alpha value is -0.540. The molecule has 0 aliphatic rings. The molecule has 2 nitrogen and oxygen atoms in total. The van der Waals surface area contributed by atoms with Crippen LogP contribution in [0.25, 0.3) is 0 Å². The van der Waals surface area contributed by atoms with E-state index >= 15 is 0 Å². The van der Waals surface area contributed by atoms with Gasteiger partial charge in [0.2, 0.25) is 0 Å². The van der Waals surface area contributed by atoms with E-state index in [4.69, 9.17) is 17.3 Å². The molecule has 4 heteroatoms. The van der Waals surface area contributed by atoms with Crippen molar-refractivity contribution in [2.45, 2.75) is 13.8 Å². The monoisotopic (exact) mass is 191 g/mol. The third-order valence-electron chi connectivity index (χ3n) is 0.816. The highest BCUT2D eigenvalue weighted by atomic mass is 35.5. The minimum atomic E-state index is -0.424. The summed E-state index contributed by atoms with van der Waals surface area (Å²) in [4.78, 5) is 10.9. The minimum absolute atomic E-state index is 0.424. The lowest BCUT2D eigenvalue weighted by molar-refractivity contribution is 0.100.